The zero-order valence-corrected chi connectivity index (χ0v) is 6.01. The molecule has 0 atom stereocenters. The lowest BCUT2D eigenvalue weighted by Gasteiger charge is -1.96. The SMILES string of the molecule is NCc1ccc(C[NH3+])cc1. The first-order valence-corrected chi connectivity index (χ1v) is 3.44. The van der Waals surface area contributed by atoms with E-state index in [1.54, 1.807) is 0 Å². The number of hydrogen-bond donors (Lipinski definition) is 2. The summed E-state index contributed by atoms with van der Waals surface area (Å²) in [4.78, 5) is 0. The smallest absolute Gasteiger partial charge is 0.0997 e. The highest BCUT2D eigenvalue weighted by Crippen LogP contribution is 2.01. The minimum Gasteiger partial charge on any atom is -0.354 e. The Balaban J connectivity index is 2.80. The second-order valence-electron chi connectivity index (χ2n) is 2.27. The summed E-state index contributed by atoms with van der Waals surface area (Å²) < 4.78 is 0. The van der Waals surface area contributed by atoms with Gasteiger partial charge in [-0.25, -0.2) is 0 Å². The molecule has 0 fully saturated rings. The number of hydrogen-bond acceptors (Lipinski definition) is 1. The van der Waals surface area contributed by atoms with E-state index in [4.69, 9.17) is 5.73 Å². The van der Waals surface area contributed by atoms with E-state index < -0.39 is 0 Å². The standard InChI is InChI=1S/C8H12N2/c9-5-7-1-2-8(6-10)4-3-7/h1-4H,5-6,9-10H2/p+1. The van der Waals surface area contributed by atoms with Gasteiger partial charge in [-0.15, -0.1) is 0 Å². The normalized spacial score (nSPS) is 9.80. The molecule has 10 heavy (non-hydrogen) atoms. The molecule has 1 aromatic carbocycles. The van der Waals surface area contributed by atoms with Crippen LogP contribution in [0.25, 0.3) is 0 Å². The van der Waals surface area contributed by atoms with Gasteiger partial charge >= 0.3 is 0 Å². The van der Waals surface area contributed by atoms with Gasteiger partial charge in [0.15, 0.2) is 0 Å². The van der Waals surface area contributed by atoms with Crippen LogP contribution in [-0.2, 0) is 13.1 Å². The molecule has 2 heteroatoms. The summed E-state index contributed by atoms with van der Waals surface area (Å²) in [6, 6.07) is 8.21. The van der Waals surface area contributed by atoms with Gasteiger partial charge in [0, 0.05) is 12.1 Å². The topological polar surface area (TPSA) is 53.7 Å². The molecule has 1 rings (SSSR count). The van der Waals surface area contributed by atoms with Gasteiger partial charge in [-0.2, -0.15) is 0 Å². The lowest BCUT2D eigenvalue weighted by Crippen LogP contribution is -2.47. The van der Waals surface area contributed by atoms with E-state index in [0.29, 0.717) is 6.54 Å². The molecule has 54 valence electrons. The highest BCUT2D eigenvalue weighted by molar-refractivity contribution is 5.21. The third-order valence-corrected chi connectivity index (χ3v) is 1.55. The average molecular weight is 137 g/mol. The van der Waals surface area contributed by atoms with Crippen LogP contribution in [0.15, 0.2) is 24.3 Å². The predicted molar refractivity (Wildman–Crippen MR) is 40.9 cm³/mol. The van der Waals surface area contributed by atoms with Crippen LogP contribution in [0, 0.1) is 0 Å². The maximum absolute atomic E-state index is 5.43. The van der Waals surface area contributed by atoms with Crippen molar-refractivity contribution in [2.24, 2.45) is 5.73 Å². The Morgan fingerprint density at radius 1 is 1.10 bits per heavy atom. The van der Waals surface area contributed by atoms with Crippen molar-refractivity contribution >= 4 is 0 Å². The van der Waals surface area contributed by atoms with Crippen molar-refractivity contribution in [3.8, 4) is 0 Å². The number of benzene rings is 1. The van der Waals surface area contributed by atoms with Crippen molar-refractivity contribution in [3.63, 3.8) is 0 Å². The van der Waals surface area contributed by atoms with Crippen LogP contribution in [0.4, 0.5) is 0 Å². The summed E-state index contributed by atoms with van der Waals surface area (Å²) in [7, 11) is 0. The van der Waals surface area contributed by atoms with Crippen LogP contribution < -0.4 is 11.5 Å². The molecular formula is C8H13N2+. The first-order chi connectivity index (χ1) is 4.86. The Kier molecular flexibility index (Phi) is 2.42. The van der Waals surface area contributed by atoms with E-state index in [1.807, 2.05) is 12.1 Å². The maximum Gasteiger partial charge on any atom is 0.0997 e. The molecule has 0 aliphatic heterocycles. The molecule has 0 unspecified atom stereocenters. The molecule has 0 bridgehead atoms. The molecule has 0 amide bonds. The van der Waals surface area contributed by atoms with Crippen LogP contribution in [0.1, 0.15) is 11.1 Å². The fraction of sp³-hybridized carbons (Fsp3) is 0.250. The van der Waals surface area contributed by atoms with Crippen molar-refractivity contribution in [1.29, 1.82) is 0 Å². The highest BCUT2D eigenvalue weighted by Gasteiger charge is 1.90. The summed E-state index contributed by atoms with van der Waals surface area (Å²) in [5, 5.41) is 0. The molecule has 0 aliphatic rings. The van der Waals surface area contributed by atoms with Crippen molar-refractivity contribution in [2.45, 2.75) is 13.1 Å². The summed E-state index contributed by atoms with van der Waals surface area (Å²) in [5.74, 6) is 0. The number of quaternary nitrogens is 1. The summed E-state index contributed by atoms with van der Waals surface area (Å²) in [5.41, 5.74) is 11.6. The Bertz CT molecular complexity index is 168. The maximum atomic E-state index is 5.43. The van der Waals surface area contributed by atoms with Gasteiger partial charge in [-0.05, 0) is 5.56 Å². The van der Waals surface area contributed by atoms with E-state index in [2.05, 4.69) is 17.9 Å². The van der Waals surface area contributed by atoms with Crippen LogP contribution in [0.3, 0.4) is 0 Å². The van der Waals surface area contributed by atoms with Gasteiger partial charge in [-0.1, -0.05) is 24.3 Å². The van der Waals surface area contributed by atoms with Gasteiger partial charge in [0.2, 0.25) is 0 Å². The van der Waals surface area contributed by atoms with Gasteiger partial charge in [0.1, 0.15) is 0 Å². The van der Waals surface area contributed by atoms with Crippen LogP contribution >= 0.6 is 0 Å². The Hall–Kier alpha value is -0.860. The molecule has 0 heterocycles. The van der Waals surface area contributed by atoms with E-state index in [1.165, 1.54) is 11.1 Å². The van der Waals surface area contributed by atoms with Crippen LogP contribution in [0.2, 0.25) is 0 Å². The largest absolute Gasteiger partial charge is 0.354 e. The molecular weight excluding hydrogens is 124 g/mol. The zero-order valence-electron chi connectivity index (χ0n) is 6.01. The van der Waals surface area contributed by atoms with Crippen molar-refractivity contribution < 1.29 is 5.73 Å². The minimum atomic E-state index is 0.622. The number of rotatable bonds is 2. The molecule has 0 aromatic heterocycles. The summed E-state index contributed by atoms with van der Waals surface area (Å²) in [6.45, 7) is 1.47. The predicted octanol–water partition coefficient (Wildman–Crippen LogP) is -0.113. The number of nitrogens with two attached hydrogens (primary N) is 1. The quantitative estimate of drug-likeness (QED) is 0.587. The van der Waals surface area contributed by atoms with Gasteiger partial charge in [-0.3, -0.25) is 0 Å². The fourth-order valence-corrected chi connectivity index (χ4v) is 0.842. The van der Waals surface area contributed by atoms with E-state index >= 15 is 0 Å². The highest BCUT2D eigenvalue weighted by atomic mass is 14.5. The molecule has 0 saturated heterocycles. The van der Waals surface area contributed by atoms with Crippen molar-refractivity contribution in [1.82, 2.24) is 0 Å². The molecule has 2 nitrogen and oxygen atoms in total. The minimum absolute atomic E-state index is 0.622. The third kappa shape index (κ3) is 1.56. The van der Waals surface area contributed by atoms with E-state index in [0.717, 1.165) is 6.54 Å². The second-order valence-corrected chi connectivity index (χ2v) is 2.27. The van der Waals surface area contributed by atoms with Crippen LogP contribution in [0.5, 0.6) is 0 Å². The zero-order chi connectivity index (χ0) is 7.40. The summed E-state index contributed by atoms with van der Waals surface area (Å²) >= 11 is 0. The molecule has 1 aromatic rings. The van der Waals surface area contributed by atoms with Gasteiger partial charge in [0.25, 0.3) is 0 Å². The summed E-state index contributed by atoms with van der Waals surface area (Å²) in [6.07, 6.45) is 0. The average Bonchev–Trinajstić information content (AvgIpc) is 2.05. The van der Waals surface area contributed by atoms with Gasteiger partial charge in [0.05, 0.1) is 6.54 Å². The monoisotopic (exact) mass is 137 g/mol. The fourth-order valence-electron chi connectivity index (χ4n) is 0.842. The molecule has 0 saturated carbocycles. The molecule has 0 aliphatic carbocycles. The lowest BCUT2D eigenvalue weighted by molar-refractivity contribution is -0.386. The Labute approximate surface area is 60.8 Å². The molecule has 0 spiro atoms. The first kappa shape index (κ1) is 7.25. The molecule has 5 N–H and O–H groups in total. The Morgan fingerprint density at radius 2 is 1.60 bits per heavy atom. The Morgan fingerprint density at radius 3 is 2.00 bits per heavy atom. The second kappa shape index (κ2) is 3.34. The van der Waals surface area contributed by atoms with Crippen molar-refractivity contribution in [3.05, 3.63) is 35.4 Å². The molecule has 0 radical (unpaired) electrons. The van der Waals surface area contributed by atoms with E-state index in [-0.39, 0.29) is 0 Å². The van der Waals surface area contributed by atoms with Crippen molar-refractivity contribution in [2.75, 3.05) is 0 Å². The third-order valence-electron chi connectivity index (χ3n) is 1.55. The van der Waals surface area contributed by atoms with Crippen LogP contribution in [-0.4, -0.2) is 0 Å². The van der Waals surface area contributed by atoms with E-state index in [9.17, 15) is 0 Å². The lowest BCUT2D eigenvalue weighted by atomic mass is 10.1. The first-order valence-electron chi connectivity index (χ1n) is 3.44. The van der Waals surface area contributed by atoms with Gasteiger partial charge < -0.3 is 11.5 Å².